The monoisotopic (exact) mass is 258 g/mol. The maximum atomic E-state index is 10.9. The van der Waals surface area contributed by atoms with Crippen LogP contribution in [0.2, 0.25) is 5.02 Å². The Morgan fingerprint density at radius 2 is 2.24 bits per heavy atom. The lowest BCUT2D eigenvalue weighted by molar-refractivity contribution is -0.384. The molecule has 0 saturated carbocycles. The highest BCUT2D eigenvalue weighted by molar-refractivity contribution is 6.31. The first-order valence-corrected chi connectivity index (χ1v) is 5.62. The van der Waals surface area contributed by atoms with Crippen molar-refractivity contribution in [2.24, 2.45) is 0 Å². The van der Waals surface area contributed by atoms with Gasteiger partial charge in [0.2, 0.25) is 0 Å². The number of benzene rings is 1. The number of nitrogens with one attached hydrogen (secondary N) is 1. The van der Waals surface area contributed by atoms with E-state index >= 15 is 0 Å². The van der Waals surface area contributed by atoms with Crippen molar-refractivity contribution in [3.05, 3.63) is 33.3 Å². The fraction of sp³-hybridized carbons (Fsp3) is 0.455. The van der Waals surface area contributed by atoms with Gasteiger partial charge >= 0.3 is 0 Å². The van der Waals surface area contributed by atoms with Crippen LogP contribution in [0, 0.1) is 10.1 Å². The van der Waals surface area contributed by atoms with Crippen molar-refractivity contribution < 1.29 is 10.0 Å². The lowest BCUT2D eigenvalue weighted by Gasteiger charge is -2.28. The summed E-state index contributed by atoms with van der Waals surface area (Å²) in [6, 6.07) is 4.30. The Labute approximate surface area is 105 Å². The third-order valence-electron chi connectivity index (χ3n) is 2.72. The fourth-order valence-electron chi connectivity index (χ4n) is 1.33. The highest BCUT2D eigenvalue weighted by atomic mass is 35.5. The number of hydrogen-bond acceptors (Lipinski definition) is 4. The van der Waals surface area contributed by atoms with Gasteiger partial charge in [-0.25, -0.2) is 0 Å². The number of anilines is 1. The van der Waals surface area contributed by atoms with Gasteiger partial charge in [0, 0.05) is 11.1 Å². The molecule has 0 heterocycles. The van der Waals surface area contributed by atoms with Crippen molar-refractivity contribution in [2.75, 3.05) is 11.9 Å². The van der Waals surface area contributed by atoms with Gasteiger partial charge in [0.15, 0.2) is 0 Å². The summed E-state index contributed by atoms with van der Waals surface area (Å²) in [6.07, 6.45) is 0.632. The number of aliphatic hydroxyl groups excluding tert-OH is 1. The van der Waals surface area contributed by atoms with Crippen LogP contribution in [-0.4, -0.2) is 22.2 Å². The van der Waals surface area contributed by atoms with Crippen molar-refractivity contribution >= 4 is 23.0 Å². The van der Waals surface area contributed by atoms with E-state index in [2.05, 4.69) is 5.32 Å². The van der Waals surface area contributed by atoms with E-state index in [1.807, 2.05) is 6.92 Å². The SMILES string of the molecule is CCC(C)(CO)Nc1cc(Cl)ccc1[N+](=O)[O-]. The molecule has 0 radical (unpaired) electrons. The highest BCUT2D eigenvalue weighted by Crippen LogP contribution is 2.30. The van der Waals surface area contributed by atoms with Crippen LogP contribution in [0.1, 0.15) is 20.3 Å². The minimum Gasteiger partial charge on any atom is -0.394 e. The summed E-state index contributed by atoms with van der Waals surface area (Å²) in [7, 11) is 0. The van der Waals surface area contributed by atoms with Crippen LogP contribution in [0.4, 0.5) is 11.4 Å². The van der Waals surface area contributed by atoms with Crippen molar-refractivity contribution in [1.29, 1.82) is 0 Å². The van der Waals surface area contributed by atoms with Crippen LogP contribution in [-0.2, 0) is 0 Å². The van der Waals surface area contributed by atoms with Crippen molar-refractivity contribution in [2.45, 2.75) is 25.8 Å². The van der Waals surface area contributed by atoms with E-state index in [-0.39, 0.29) is 12.3 Å². The summed E-state index contributed by atoms with van der Waals surface area (Å²) in [5.74, 6) is 0. The maximum absolute atomic E-state index is 10.9. The number of rotatable bonds is 5. The molecule has 5 nitrogen and oxygen atoms in total. The van der Waals surface area contributed by atoms with Crippen molar-refractivity contribution in [3.8, 4) is 0 Å². The molecular weight excluding hydrogens is 244 g/mol. The molecule has 2 N–H and O–H groups in total. The molecule has 0 aliphatic carbocycles. The lowest BCUT2D eigenvalue weighted by atomic mass is 9.99. The Kier molecular flexibility index (Phi) is 4.31. The van der Waals surface area contributed by atoms with E-state index in [1.165, 1.54) is 18.2 Å². The first-order valence-electron chi connectivity index (χ1n) is 5.25. The van der Waals surface area contributed by atoms with E-state index in [9.17, 15) is 15.2 Å². The van der Waals surface area contributed by atoms with Gasteiger partial charge in [0.1, 0.15) is 5.69 Å². The van der Waals surface area contributed by atoms with Gasteiger partial charge in [-0.15, -0.1) is 0 Å². The molecule has 0 aromatic heterocycles. The van der Waals surface area contributed by atoms with Crippen molar-refractivity contribution in [1.82, 2.24) is 0 Å². The summed E-state index contributed by atoms with van der Waals surface area (Å²) in [5, 5.41) is 23.5. The van der Waals surface area contributed by atoms with Gasteiger partial charge < -0.3 is 10.4 Å². The topological polar surface area (TPSA) is 75.4 Å². The molecule has 0 saturated heterocycles. The van der Waals surface area contributed by atoms with Gasteiger partial charge in [-0.05, 0) is 25.5 Å². The molecule has 0 aliphatic rings. The minimum atomic E-state index is -0.602. The normalized spacial score (nSPS) is 14.1. The van der Waals surface area contributed by atoms with E-state index in [0.717, 1.165) is 0 Å². The van der Waals surface area contributed by atoms with E-state index in [1.54, 1.807) is 6.92 Å². The minimum absolute atomic E-state index is 0.0532. The molecule has 1 rings (SSSR count). The smallest absolute Gasteiger partial charge is 0.292 e. The number of nitro groups is 1. The predicted molar refractivity (Wildman–Crippen MR) is 67.5 cm³/mol. The largest absolute Gasteiger partial charge is 0.394 e. The zero-order valence-corrected chi connectivity index (χ0v) is 10.5. The van der Waals surface area contributed by atoms with E-state index in [4.69, 9.17) is 11.6 Å². The van der Waals surface area contributed by atoms with Crippen LogP contribution >= 0.6 is 11.6 Å². The van der Waals surface area contributed by atoms with Crippen LogP contribution in [0.3, 0.4) is 0 Å². The Hall–Kier alpha value is -1.33. The van der Waals surface area contributed by atoms with Crippen LogP contribution < -0.4 is 5.32 Å². The molecule has 1 atom stereocenters. The predicted octanol–water partition coefficient (Wildman–Crippen LogP) is 2.82. The summed E-state index contributed by atoms with van der Waals surface area (Å²) in [6.45, 7) is 3.56. The lowest BCUT2D eigenvalue weighted by Crippen LogP contribution is -2.38. The highest BCUT2D eigenvalue weighted by Gasteiger charge is 2.24. The second-order valence-corrected chi connectivity index (χ2v) is 4.55. The van der Waals surface area contributed by atoms with Crippen LogP contribution in [0.25, 0.3) is 0 Å². The van der Waals surface area contributed by atoms with Gasteiger partial charge in [-0.2, -0.15) is 0 Å². The summed E-state index contributed by atoms with van der Waals surface area (Å²) in [5.41, 5.74) is -0.335. The molecule has 17 heavy (non-hydrogen) atoms. The summed E-state index contributed by atoms with van der Waals surface area (Å²) < 4.78 is 0. The van der Waals surface area contributed by atoms with Crippen LogP contribution in [0.5, 0.6) is 0 Å². The molecule has 0 aliphatic heterocycles. The van der Waals surface area contributed by atoms with Crippen LogP contribution in [0.15, 0.2) is 18.2 Å². The molecule has 1 aromatic carbocycles. The molecule has 0 fully saturated rings. The number of halogens is 1. The Bertz CT molecular complexity index is 419. The molecule has 1 aromatic rings. The molecule has 94 valence electrons. The Morgan fingerprint density at radius 1 is 1.59 bits per heavy atom. The Morgan fingerprint density at radius 3 is 2.71 bits per heavy atom. The van der Waals surface area contributed by atoms with E-state index in [0.29, 0.717) is 17.1 Å². The van der Waals surface area contributed by atoms with E-state index < -0.39 is 10.5 Å². The number of nitrogens with zero attached hydrogens (tertiary/aromatic N) is 1. The maximum Gasteiger partial charge on any atom is 0.292 e. The Balaban J connectivity index is 3.12. The molecule has 0 bridgehead atoms. The standard InChI is InChI=1S/C11H15ClN2O3/c1-3-11(2,7-15)13-9-6-8(12)4-5-10(9)14(16)17/h4-6,13,15H,3,7H2,1-2H3. The van der Waals surface area contributed by atoms with Gasteiger partial charge in [0.25, 0.3) is 5.69 Å². The number of nitro benzene ring substituents is 1. The van der Waals surface area contributed by atoms with Gasteiger partial charge in [-0.1, -0.05) is 18.5 Å². The average Bonchev–Trinajstić information content (AvgIpc) is 2.28. The average molecular weight is 259 g/mol. The first kappa shape index (κ1) is 13.7. The van der Waals surface area contributed by atoms with Gasteiger partial charge in [0.05, 0.1) is 17.1 Å². The summed E-state index contributed by atoms with van der Waals surface area (Å²) >= 11 is 5.81. The number of hydrogen-bond donors (Lipinski definition) is 2. The molecule has 0 spiro atoms. The zero-order valence-electron chi connectivity index (χ0n) is 9.74. The molecule has 1 unspecified atom stereocenters. The summed E-state index contributed by atoms with van der Waals surface area (Å²) in [4.78, 5) is 10.4. The molecule has 0 amide bonds. The molecular formula is C11H15ClN2O3. The fourth-order valence-corrected chi connectivity index (χ4v) is 1.50. The number of aliphatic hydroxyl groups is 1. The second kappa shape index (κ2) is 5.33. The van der Waals surface area contributed by atoms with Crippen molar-refractivity contribution in [3.63, 3.8) is 0 Å². The molecule has 6 heteroatoms. The quantitative estimate of drug-likeness (QED) is 0.629. The zero-order chi connectivity index (χ0) is 13.1. The third-order valence-corrected chi connectivity index (χ3v) is 2.96. The first-order chi connectivity index (χ1) is 7.91. The second-order valence-electron chi connectivity index (χ2n) is 4.12. The van der Waals surface area contributed by atoms with Gasteiger partial charge in [-0.3, -0.25) is 10.1 Å². The third kappa shape index (κ3) is 3.31.